The van der Waals surface area contributed by atoms with E-state index in [-0.39, 0.29) is 36.7 Å². The van der Waals surface area contributed by atoms with Crippen LogP contribution in [0.5, 0.6) is 0 Å². The van der Waals surface area contributed by atoms with Crippen molar-refractivity contribution >= 4 is 17.7 Å². The third-order valence-electron chi connectivity index (χ3n) is 4.75. The van der Waals surface area contributed by atoms with E-state index in [1.54, 1.807) is 29.2 Å². The quantitative estimate of drug-likeness (QED) is 0.740. The van der Waals surface area contributed by atoms with Crippen molar-refractivity contribution in [2.75, 3.05) is 26.2 Å². The molecule has 138 valence electrons. The van der Waals surface area contributed by atoms with Crippen LogP contribution in [0.1, 0.15) is 30.1 Å². The van der Waals surface area contributed by atoms with E-state index in [0.717, 1.165) is 0 Å². The van der Waals surface area contributed by atoms with Crippen LogP contribution < -0.4 is 10.6 Å². The zero-order valence-electron chi connectivity index (χ0n) is 14.9. The standard InChI is InChI=1S/C19H24N4O3/c1-14(24)23-11-7-15(8-12-23)17(19(26)21-10-9-20)13-22-18(25)16-5-3-2-4-6-16/h2-6,15,17H,7-8,10-13H2,1H3,(H,21,26)(H,22,25). The van der Waals surface area contributed by atoms with Gasteiger partial charge in [0.25, 0.3) is 5.91 Å². The second kappa shape index (κ2) is 9.56. The molecule has 0 saturated carbocycles. The van der Waals surface area contributed by atoms with Crippen molar-refractivity contribution in [2.24, 2.45) is 11.8 Å². The van der Waals surface area contributed by atoms with Gasteiger partial charge < -0.3 is 15.5 Å². The van der Waals surface area contributed by atoms with Crippen LogP contribution in [0.4, 0.5) is 0 Å². The minimum atomic E-state index is -0.426. The van der Waals surface area contributed by atoms with E-state index < -0.39 is 5.92 Å². The predicted octanol–water partition coefficient (Wildman–Crippen LogP) is 0.931. The Morgan fingerprint density at radius 1 is 1.19 bits per heavy atom. The maximum atomic E-state index is 12.5. The summed E-state index contributed by atoms with van der Waals surface area (Å²) in [6.45, 7) is 2.89. The molecule has 1 atom stereocenters. The van der Waals surface area contributed by atoms with Crippen molar-refractivity contribution in [3.05, 3.63) is 35.9 Å². The number of hydrogen-bond donors (Lipinski definition) is 2. The molecule has 26 heavy (non-hydrogen) atoms. The summed E-state index contributed by atoms with van der Waals surface area (Å²) in [6, 6.07) is 10.7. The minimum Gasteiger partial charge on any atom is -0.351 e. The number of nitrogens with zero attached hydrogens (tertiary/aromatic N) is 2. The van der Waals surface area contributed by atoms with E-state index in [4.69, 9.17) is 5.26 Å². The second-order valence-electron chi connectivity index (χ2n) is 6.40. The summed E-state index contributed by atoms with van der Waals surface area (Å²) in [7, 11) is 0. The van der Waals surface area contributed by atoms with Crippen LogP contribution in [-0.4, -0.2) is 48.8 Å². The molecule has 2 rings (SSSR count). The molecule has 1 unspecified atom stereocenters. The lowest BCUT2D eigenvalue weighted by Crippen LogP contribution is -2.46. The van der Waals surface area contributed by atoms with E-state index in [0.29, 0.717) is 31.5 Å². The maximum absolute atomic E-state index is 12.5. The third kappa shape index (κ3) is 5.31. The molecule has 1 aliphatic heterocycles. The number of nitrogens with one attached hydrogen (secondary N) is 2. The van der Waals surface area contributed by atoms with Gasteiger partial charge in [0, 0.05) is 32.1 Å². The Labute approximate surface area is 153 Å². The number of carbonyl (C=O) groups is 3. The van der Waals surface area contributed by atoms with E-state index in [9.17, 15) is 14.4 Å². The Balaban J connectivity index is 2.00. The number of piperidine rings is 1. The van der Waals surface area contributed by atoms with Crippen molar-refractivity contribution < 1.29 is 14.4 Å². The SMILES string of the molecule is CC(=O)N1CCC(C(CNC(=O)c2ccccc2)C(=O)NCC#N)CC1. The van der Waals surface area contributed by atoms with Crippen LogP contribution in [-0.2, 0) is 9.59 Å². The van der Waals surface area contributed by atoms with Crippen molar-refractivity contribution in [2.45, 2.75) is 19.8 Å². The Morgan fingerprint density at radius 3 is 2.42 bits per heavy atom. The molecule has 0 radical (unpaired) electrons. The van der Waals surface area contributed by atoms with Crippen molar-refractivity contribution in [3.63, 3.8) is 0 Å². The Morgan fingerprint density at radius 2 is 1.85 bits per heavy atom. The van der Waals surface area contributed by atoms with Gasteiger partial charge in [0.1, 0.15) is 6.54 Å². The number of hydrogen-bond acceptors (Lipinski definition) is 4. The predicted molar refractivity (Wildman–Crippen MR) is 95.9 cm³/mol. The molecular weight excluding hydrogens is 332 g/mol. The highest BCUT2D eigenvalue weighted by molar-refractivity contribution is 5.94. The van der Waals surface area contributed by atoms with Gasteiger partial charge >= 0.3 is 0 Å². The maximum Gasteiger partial charge on any atom is 0.251 e. The molecule has 0 aromatic heterocycles. The van der Waals surface area contributed by atoms with Gasteiger partial charge in [-0.05, 0) is 30.9 Å². The van der Waals surface area contributed by atoms with E-state index >= 15 is 0 Å². The molecule has 0 aliphatic carbocycles. The van der Waals surface area contributed by atoms with Crippen molar-refractivity contribution in [1.82, 2.24) is 15.5 Å². The average molecular weight is 356 g/mol. The summed E-state index contributed by atoms with van der Waals surface area (Å²) >= 11 is 0. The largest absolute Gasteiger partial charge is 0.351 e. The van der Waals surface area contributed by atoms with Crippen LogP contribution in [0.25, 0.3) is 0 Å². The van der Waals surface area contributed by atoms with E-state index in [2.05, 4.69) is 10.6 Å². The Kier molecular flexibility index (Phi) is 7.15. The fourth-order valence-corrected chi connectivity index (χ4v) is 3.24. The molecule has 3 amide bonds. The highest BCUT2D eigenvalue weighted by atomic mass is 16.2. The van der Waals surface area contributed by atoms with E-state index in [1.807, 2.05) is 12.1 Å². The molecule has 1 aromatic rings. The highest BCUT2D eigenvalue weighted by Gasteiger charge is 2.32. The first kappa shape index (κ1) is 19.4. The summed E-state index contributed by atoms with van der Waals surface area (Å²) in [6.07, 6.45) is 1.40. The number of nitriles is 1. The van der Waals surface area contributed by atoms with Gasteiger partial charge in [-0.15, -0.1) is 0 Å². The number of carbonyl (C=O) groups excluding carboxylic acids is 3. The molecule has 1 saturated heterocycles. The average Bonchev–Trinajstić information content (AvgIpc) is 2.67. The number of amides is 3. The number of likely N-dealkylation sites (tertiary alicyclic amines) is 1. The van der Waals surface area contributed by atoms with Gasteiger partial charge in [-0.1, -0.05) is 18.2 Å². The van der Waals surface area contributed by atoms with Gasteiger partial charge in [-0.3, -0.25) is 14.4 Å². The molecule has 1 aliphatic rings. The van der Waals surface area contributed by atoms with Crippen LogP contribution >= 0.6 is 0 Å². The monoisotopic (exact) mass is 356 g/mol. The van der Waals surface area contributed by atoms with Gasteiger partial charge in [-0.2, -0.15) is 5.26 Å². The van der Waals surface area contributed by atoms with Gasteiger partial charge in [0.15, 0.2) is 0 Å². The summed E-state index contributed by atoms with van der Waals surface area (Å²) in [5.74, 6) is -0.803. The van der Waals surface area contributed by atoms with Crippen LogP contribution in [0.15, 0.2) is 30.3 Å². The molecule has 1 heterocycles. The lowest BCUT2D eigenvalue weighted by Gasteiger charge is -2.35. The Hall–Kier alpha value is -2.88. The lowest BCUT2D eigenvalue weighted by atomic mass is 9.83. The van der Waals surface area contributed by atoms with Crippen LogP contribution in [0, 0.1) is 23.2 Å². The number of benzene rings is 1. The van der Waals surface area contributed by atoms with Crippen molar-refractivity contribution in [3.8, 4) is 6.07 Å². The van der Waals surface area contributed by atoms with E-state index in [1.165, 1.54) is 6.92 Å². The molecule has 1 aromatic carbocycles. The molecule has 1 fully saturated rings. The topological polar surface area (TPSA) is 102 Å². The molecular formula is C19H24N4O3. The Bertz CT molecular complexity index is 676. The third-order valence-corrected chi connectivity index (χ3v) is 4.75. The normalized spacial score (nSPS) is 15.6. The first-order chi connectivity index (χ1) is 12.5. The first-order valence-electron chi connectivity index (χ1n) is 8.76. The molecule has 0 spiro atoms. The highest BCUT2D eigenvalue weighted by Crippen LogP contribution is 2.25. The van der Waals surface area contributed by atoms with Gasteiger partial charge in [-0.25, -0.2) is 0 Å². The smallest absolute Gasteiger partial charge is 0.251 e. The minimum absolute atomic E-state index is 0.0336. The molecule has 7 nitrogen and oxygen atoms in total. The van der Waals surface area contributed by atoms with Crippen LogP contribution in [0.2, 0.25) is 0 Å². The van der Waals surface area contributed by atoms with Crippen LogP contribution in [0.3, 0.4) is 0 Å². The lowest BCUT2D eigenvalue weighted by molar-refractivity contribution is -0.131. The summed E-state index contributed by atoms with van der Waals surface area (Å²) in [4.78, 5) is 38.0. The zero-order chi connectivity index (χ0) is 18.9. The summed E-state index contributed by atoms with van der Waals surface area (Å²) in [5.41, 5.74) is 0.537. The molecule has 7 heteroatoms. The first-order valence-corrected chi connectivity index (χ1v) is 8.76. The summed E-state index contributed by atoms with van der Waals surface area (Å²) in [5, 5.41) is 14.1. The summed E-state index contributed by atoms with van der Waals surface area (Å²) < 4.78 is 0. The molecule has 0 bridgehead atoms. The van der Waals surface area contributed by atoms with Crippen molar-refractivity contribution in [1.29, 1.82) is 5.26 Å². The molecule has 2 N–H and O–H groups in total. The zero-order valence-corrected chi connectivity index (χ0v) is 14.9. The fraction of sp³-hybridized carbons (Fsp3) is 0.474. The second-order valence-corrected chi connectivity index (χ2v) is 6.40. The van der Waals surface area contributed by atoms with Gasteiger partial charge in [0.05, 0.1) is 12.0 Å². The van der Waals surface area contributed by atoms with Gasteiger partial charge in [0.2, 0.25) is 11.8 Å². The number of rotatable bonds is 6. The fourth-order valence-electron chi connectivity index (χ4n) is 3.24.